The molecule has 104 valence electrons. The largest absolute Gasteiger partial charge is 0.325 e. The van der Waals surface area contributed by atoms with Crippen molar-refractivity contribution < 1.29 is 9.18 Å². The van der Waals surface area contributed by atoms with Gasteiger partial charge in [0.2, 0.25) is 5.91 Å². The van der Waals surface area contributed by atoms with Gasteiger partial charge in [-0.2, -0.15) is 0 Å². The SMILES string of the molecule is O=C(Nc1ccc(F)cc1)[C@H](Cc1ccccc1)NI. The molecule has 0 aliphatic rings. The molecule has 2 rings (SSSR count). The summed E-state index contributed by atoms with van der Waals surface area (Å²) in [6.07, 6.45) is 0.594. The monoisotopic (exact) mass is 384 g/mol. The first-order chi connectivity index (χ1) is 9.69. The second kappa shape index (κ2) is 7.35. The first kappa shape index (κ1) is 14.9. The molecule has 0 saturated heterocycles. The van der Waals surface area contributed by atoms with Gasteiger partial charge in [-0.15, -0.1) is 0 Å². The van der Waals surface area contributed by atoms with Gasteiger partial charge in [-0.25, -0.2) is 7.92 Å². The summed E-state index contributed by atoms with van der Waals surface area (Å²) in [6.45, 7) is 0. The molecule has 3 nitrogen and oxygen atoms in total. The zero-order chi connectivity index (χ0) is 14.4. The standard InChI is InChI=1S/C15H14FIN2O/c16-12-6-8-13(9-7-12)18-15(20)14(19-17)10-11-4-2-1-3-5-11/h1-9,14,19H,10H2,(H,18,20)/t14-/m0/s1. The predicted molar refractivity (Wildman–Crippen MR) is 86.1 cm³/mol. The first-order valence-corrected chi connectivity index (χ1v) is 7.23. The van der Waals surface area contributed by atoms with E-state index >= 15 is 0 Å². The van der Waals surface area contributed by atoms with E-state index in [9.17, 15) is 9.18 Å². The summed E-state index contributed by atoms with van der Waals surface area (Å²) < 4.78 is 15.8. The number of halogens is 2. The van der Waals surface area contributed by atoms with Crippen LogP contribution in [0.15, 0.2) is 54.6 Å². The zero-order valence-electron chi connectivity index (χ0n) is 10.6. The van der Waals surface area contributed by atoms with Crippen molar-refractivity contribution in [2.24, 2.45) is 0 Å². The van der Waals surface area contributed by atoms with Gasteiger partial charge in [0.1, 0.15) is 5.82 Å². The number of amides is 1. The summed E-state index contributed by atoms with van der Waals surface area (Å²) in [5, 5.41) is 2.77. The lowest BCUT2D eigenvalue weighted by atomic mass is 10.1. The Hall–Kier alpha value is -1.47. The van der Waals surface area contributed by atoms with Crippen LogP contribution in [0.3, 0.4) is 0 Å². The van der Waals surface area contributed by atoms with E-state index in [1.54, 1.807) is 12.1 Å². The molecule has 0 aliphatic carbocycles. The third-order valence-corrected chi connectivity index (χ3v) is 3.59. The number of rotatable bonds is 5. The minimum atomic E-state index is -0.344. The quantitative estimate of drug-likeness (QED) is 0.614. The van der Waals surface area contributed by atoms with E-state index in [0.717, 1.165) is 5.56 Å². The van der Waals surface area contributed by atoms with Crippen LogP contribution in [0.25, 0.3) is 0 Å². The van der Waals surface area contributed by atoms with Crippen molar-refractivity contribution in [1.82, 2.24) is 3.53 Å². The summed E-state index contributed by atoms with van der Waals surface area (Å²) >= 11 is 1.97. The van der Waals surface area contributed by atoms with Gasteiger partial charge in [-0.1, -0.05) is 30.3 Å². The fraction of sp³-hybridized carbons (Fsp3) is 0.133. The van der Waals surface area contributed by atoms with E-state index in [-0.39, 0.29) is 17.8 Å². The highest BCUT2D eigenvalue weighted by molar-refractivity contribution is 14.1. The van der Waals surface area contributed by atoms with Crippen LogP contribution in [0.2, 0.25) is 0 Å². The van der Waals surface area contributed by atoms with Gasteiger partial charge in [0, 0.05) is 28.6 Å². The Bertz CT molecular complexity index is 560. The number of carbonyl (C=O) groups is 1. The molecule has 20 heavy (non-hydrogen) atoms. The highest BCUT2D eigenvalue weighted by Gasteiger charge is 2.17. The number of hydrogen-bond donors (Lipinski definition) is 2. The lowest BCUT2D eigenvalue weighted by Crippen LogP contribution is -2.37. The van der Waals surface area contributed by atoms with Crippen LogP contribution >= 0.6 is 22.9 Å². The van der Waals surface area contributed by atoms with Crippen molar-refractivity contribution in [1.29, 1.82) is 0 Å². The van der Waals surface area contributed by atoms with Crippen molar-refractivity contribution >= 4 is 34.5 Å². The molecule has 0 saturated carbocycles. The number of carbonyl (C=O) groups excluding carboxylic acids is 1. The molecule has 0 aliphatic heterocycles. The van der Waals surface area contributed by atoms with E-state index in [2.05, 4.69) is 8.85 Å². The third-order valence-electron chi connectivity index (χ3n) is 2.84. The third kappa shape index (κ3) is 4.28. The molecule has 1 atom stereocenters. The van der Waals surface area contributed by atoms with Gasteiger partial charge in [0.15, 0.2) is 0 Å². The Morgan fingerprint density at radius 1 is 1.10 bits per heavy atom. The molecule has 5 heteroatoms. The van der Waals surface area contributed by atoms with Crippen LogP contribution in [-0.2, 0) is 11.2 Å². The molecule has 0 unspecified atom stereocenters. The van der Waals surface area contributed by atoms with Crippen LogP contribution in [0.5, 0.6) is 0 Å². The number of anilines is 1. The maximum absolute atomic E-state index is 12.8. The predicted octanol–water partition coefficient (Wildman–Crippen LogP) is 3.32. The molecular formula is C15H14FIN2O. The molecule has 2 N–H and O–H groups in total. The average Bonchev–Trinajstić information content (AvgIpc) is 2.48. The summed E-state index contributed by atoms with van der Waals surface area (Å²) in [5.74, 6) is -0.467. The second-order valence-electron chi connectivity index (χ2n) is 4.35. The van der Waals surface area contributed by atoms with Gasteiger partial charge in [-0.05, 0) is 36.2 Å². The molecule has 1 amide bonds. The van der Waals surface area contributed by atoms with Crippen LogP contribution in [0, 0.1) is 5.82 Å². The summed E-state index contributed by atoms with van der Waals surface area (Å²) in [6, 6.07) is 15.2. The van der Waals surface area contributed by atoms with E-state index in [1.165, 1.54) is 12.1 Å². The molecule has 0 bridgehead atoms. The van der Waals surface area contributed by atoms with E-state index in [0.29, 0.717) is 12.1 Å². The Morgan fingerprint density at radius 3 is 2.35 bits per heavy atom. The fourth-order valence-corrected chi connectivity index (χ4v) is 2.30. The molecule has 0 spiro atoms. The Kier molecular flexibility index (Phi) is 5.49. The van der Waals surface area contributed by atoms with Gasteiger partial charge in [0.05, 0.1) is 6.04 Å². The topological polar surface area (TPSA) is 41.1 Å². The highest BCUT2D eigenvalue weighted by Crippen LogP contribution is 2.11. The van der Waals surface area contributed by atoms with E-state index in [1.807, 2.05) is 53.2 Å². The minimum Gasteiger partial charge on any atom is -0.325 e. The Balaban J connectivity index is 2.00. The number of nitrogens with one attached hydrogen (secondary N) is 2. The second-order valence-corrected chi connectivity index (χ2v) is 4.97. The molecule has 2 aromatic rings. The van der Waals surface area contributed by atoms with Crippen molar-refractivity contribution in [3.63, 3.8) is 0 Å². The molecular weight excluding hydrogens is 370 g/mol. The van der Waals surface area contributed by atoms with Crippen LogP contribution in [-0.4, -0.2) is 11.9 Å². The Morgan fingerprint density at radius 2 is 1.75 bits per heavy atom. The Labute approximate surface area is 131 Å². The van der Waals surface area contributed by atoms with Gasteiger partial charge < -0.3 is 5.32 Å². The molecule has 0 heterocycles. The average molecular weight is 384 g/mol. The lowest BCUT2D eigenvalue weighted by Gasteiger charge is -2.15. The smallest absolute Gasteiger partial charge is 0.242 e. The van der Waals surface area contributed by atoms with Crippen LogP contribution in [0.4, 0.5) is 10.1 Å². The zero-order valence-corrected chi connectivity index (χ0v) is 12.8. The fourth-order valence-electron chi connectivity index (χ4n) is 1.79. The van der Waals surface area contributed by atoms with Crippen molar-refractivity contribution in [3.8, 4) is 0 Å². The highest BCUT2D eigenvalue weighted by atomic mass is 127. The maximum Gasteiger partial charge on any atom is 0.242 e. The minimum absolute atomic E-state index is 0.144. The number of hydrogen-bond acceptors (Lipinski definition) is 2. The molecule has 0 fully saturated rings. The van der Waals surface area contributed by atoms with Crippen LogP contribution in [0.1, 0.15) is 5.56 Å². The van der Waals surface area contributed by atoms with Crippen molar-refractivity contribution in [2.45, 2.75) is 12.5 Å². The molecule has 0 aromatic heterocycles. The molecule has 0 radical (unpaired) electrons. The first-order valence-electron chi connectivity index (χ1n) is 6.15. The van der Waals surface area contributed by atoms with E-state index < -0.39 is 0 Å². The lowest BCUT2D eigenvalue weighted by molar-refractivity contribution is -0.117. The van der Waals surface area contributed by atoms with Gasteiger partial charge in [-0.3, -0.25) is 4.79 Å². The molecule has 2 aromatic carbocycles. The number of benzene rings is 2. The maximum atomic E-state index is 12.8. The summed E-state index contributed by atoms with van der Waals surface area (Å²) in [5.41, 5.74) is 1.66. The summed E-state index contributed by atoms with van der Waals surface area (Å²) in [7, 11) is 0. The van der Waals surface area contributed by atoms with Crippen molar-refractivity contribution in [3.05, 3.63) is 66.0 Å². The normalized spacial score (nSPS) is 11.9. The summed E-state index contributed by atoms with van der Waals surface area (Å²) in [4.78, 5) is 12.2. The van der Waals surface area contributed by atoms with E-state index in [4.69, 9.17) is 0 Å². The van der Waals surface area contributed by atoms with Gasteiger partial charge >= 0.3 is 0 Å². The van der Waals surface area contributed by atoms with Crippen molar-refractivity contribution in [2.75, 3.05) is 5.32 Å². The van der Waals surface area contributed by atoms with Crippen LogP contribution < -0.4 is 8.85 Å². The van der Waals surface area contributed by atoms with Gasteiger partial charge in [0.25, 0.3) is 0 Å².